The summed E-state index contributed by atoms with van der Waals surface area (Å²) >= 11 is 0. The fraction of sp³-hybridized carbons (Fsp3) is 0.500. The molecule has 0 aliphatic carbocycles. The van der Waals surface area contributed by atoms with Crippen molar-refractivity contribution in [1.29, 1.82) is 0 Å². The fourth-order valence-corrected chi connectivity index (χ4v) is 1.85. The van der Waals surface area contributed by atoms with E-state index in [1.165, 1.54) is 0 Å². The van der Waals surface area contributed by atoms with Crippen molar-refractivity contribution < 1.29 is 4.74 Å². The van der Waals surface area contributed by atoms with Crippen LogP contribution in [0.25, 0.3) is 0 Å². The summed E-state index contributed by atoms with van der Waals surface area (Å²) in [5, 5.41) is 0. The van der Waals surface area contributed by atoms with Gasteiger partial charge in [0, 0.05) is 18.2 Å². The molecule has 1 rings (SSSR count). The van der Waals surface area contributed by atoms with Crippen LogP contribution in [0.15, 0.2) is 24.3 Å². The maximum absolute atomic E-state index is 5.73. The number of rotatable bonds is 6. The Morgan fingerprint density at radius 2 is 1.95 bits per heavy atom. The molecule has 0 atom stereocenters. The molecule has 0 saturated heterocycles. The van der Waals surface area contributed by atoms with Crippen molar-refractivity contribution in [2.45, 2.75) is 26.8 Å². The quantitative estimate of drug-likeness (QED) is 0.796. The molecule has 19 heavy (non-hydrogen) atoms. The minimum atomic E-state index is 0.389. The highest BCUT2D eigenvalue weighted by Gasteiger charge is 2.06. The van der Waals surface area contributed by atoms with Gasteiger partial charge < -0.3 is 10.5 Å². The Bertz CT molecular complexity index is 415. The van der Waals surface area contributed by atoms with Crippen LogP contribution in [0.4, 0.5) is 0 Å². The Kier molecular flexibility index (Phi) is 7.02. The van der Waals surface area contributed by atoms with Gasteiger partial charge in [-0.05, 0) is 44.7 Å². The zero-order valence-electron chi connectivity index (χ0n) is 12.1. The van der Waals surface area contributed by atoms with Crippen LogP contribution in [0, 0.1) is 11.8 Å². The first-order valence-electron chi connectivity index (χ1n) is 6.83. The third-order valence-electron chi connectivity index (χ3n) is 2.97. The molecule has 0 fully saturated rings. The minimum absolute atomic E-state index is 0.389. The average Bonchev–Trinajstić information content (AvgIpc) is 2.42. The normalized spacial score (nSPS) is 10.4. The minimum Gasteiger partial charge on any atom is -0.492 e. The molecule has 104 valence electrons. The van der Waals surface area contributed by atoms with Crippen LogP contribution < -0.4 is 10.5 Å². The lowest BCUT2D eigenvalue weighted by Gasteiger charge is -2.24. The van der Waals surface area contributed by atoms with Gasteiger partial charge in [-0.2, -0.15) is 0 Å². The Balaban J connectivity index is 2.41. The zero-order valence-corrected chi connectivity index (χ0v) is 12.1. The van der Waals surface area contributed by atoms with Crippen LogP contribution in [-0.2, 0) is 0 Å². The topological polar surface area (TPSA) is 38.5 Å². The molecule has 2 N–H and O–H groups in total. The molecule has 0 aliphatic heterocycles. The van der Waals surface area contributed by atoms with Gasteiger partial charge in [-0.1, -0.05) is 18.8 Å². The molecule has 0 bridgehead atoms. The third-order valence-corrected chi connectivity index (χ3v) is 2.97. The number of hydrogen-bond donors (Lipinski definition) is 1. The van der Waals surface area contributed by atoms with Crippen molar-refractivity contribution in [3.8, 4) is 17.6 Å². The van der Waals surface area contributed by atoms with Crippen molar-refractivity contribution in [1.82, 2.24) is 4.90 Å². The predicted octanol–water partition coefficient (Wildman–Crippen LogP) is 2.11. The van der Waals surface area contributed by atoms with E-state index in [2.05, 4.69) is 37.5 Å². The summed E-state index contributed by atoms with van der Waals surface area (Å²) in [6.45, 7) is 9.67. The Labute approximate surface area is 116 Å². The maximum atomic E-state index is 5.73. The van der Waals surface area contributed by atoms with Crippen molar-refractivity contribution in [2.24, 2.45) is 5.73 Å². The highest BCUT2D eigenvalue weighted by Crippen LogP contribution is 2.11. The summed E-state index contributed by atoms with van der Waals surface area (Å²) < 4.78 is 5.73. The van der Waals surface area contributed by atoms with Crippen molar-refractivity contribution in [3.05, 3.63) is 29.8 Å². The lowest BCUT2D eigenvalue weighted by Crippen LogP contribution is -2.34. The third kappa shape index (κ3) is 5.78. The second-order valence-electron chi connectivity index (χ2n) is 4.60. The van der Waals surface area contributed by atoms with Gasteiger partial charge in [-0.15, -0.1) is 0 Å². The smallest absolute Gasteiger partial charge is 0.119 e. The van der Waals surface area contributed by atoms with Crippen molar-refractivity contribution in [2.75, 3.05) is 26.2 Å². The van der Waals surface area contributed by atoms with E-state index >= 15 is 0 Å². The van der Waals surface area contributed by atoms with Gasteiger partial charge in [0.2, 0.25) is 0 Å². The lowest BCUT2D eigenvalue weighted by atomic mass is 10.2. The summed E-state index contributed by atoms with van der Waals surface area (Å²) in [6, 6.07) is 8.37. The van der Waals surface area contributed by atoms with Gasteiger partial charge >= 0.3 is 0 Å². The Morgan fingerprint density at radius 1 is 1.26 bits per heavy atom. The van der Waals surface area contributed by atoms with Gasteiger partial charge in [0.1, 0.15) is 12.4 Å². The highest BCUT2D eigenvalue weighted by molar-refractivity contribution is 5.38. The van der Waals surface area contributed by atoms with Crippen molar-refractivity contribution in [3.63, 3.8) is 0 Å². The SMILES string of the molecule is CCN(CCOc1ccc(C#CCN)cc1)C(C)C. The van der Waals surface area contributed by atoms with Gasteiger partial charge in [-0.25, -0.2) is 0 Å². The summed E-state index contributed by atoms with van der Waals surface area (Å²) in [6.07, 6.45) is 0. The molecule has 0 aliphatic rings. The Hall–Kier alpha value is -1.50. The summed E-state index contributed by atoms with van der Waals surface area (Å²) in [7, 11) is 0. The standard InChI is InChI=1S/C16H24N2O/c1-4-18(14(2)3)12-13-19-16-9-7-15(8-10-16)6-5-11-17/h7-10,14H,4,11-13,17H2,1-3H3. The molecule has 0 unspecified atom stereocenters. The number of benzene rings is 1. The molecule has 0 heterocycles. The maximum Gasteiger partial charge on any atom is 0.119 e. The van der Waals surface area contributed by atoms with E-state index in [9.17, 15) is 0 Å². The molecule has 1 aromatic carbocycles. The van der Waals surface area contributed by atoms with E-state index in [0.29, 0.717) is 19.2 Å². The molecule has 1 aromatic rings. The van der Waals surface area contributed by atoms with E-state index in [1.54, 1.807) is 0 Å². The second kappa shape index (κ2) is 8.58. The monoisotopic (exact) mass is 260 g/mol. The molecular formula is C16H24N2O. The second-order valence-corrected chi connectivity index (χ2v) is 4.60. The van der Waals surface area contributed by atoms with E-state index in [0.717, 1.165) is 24.4 Å². The average molecular weight is 260 g/mol. The first-order chi connectivity index (χ1) is 9.17. The van der Waals surface area contributed by atoms with Gasteiger partial charge in [-0.3, -0.25) is 4.90 Å². The molecule has 3 nitrogen and oxygen atoms in total. The van der Waals surface area contributed by atoms with Gasteiger partial charge in [0.25, 0.3) is 0 Å². The number of likely N-dealkylation sites (N-methyl/N-ethyl adjacent to an activating group) is 1. The first-order valence-corrected chi connectivity index (χ1v) is 6.83. The lowest BCUT2D eigenvalue weighted by molar-refractivity contribution is 0.183. The summed E-state index contributed by atoms with van der Waals surface area (Å²) in [4.78, 5) is 2.38. The molecule has 0 aromatic heterocycles. The van der Waals surface area contributed by atoms with Crippen LogP contribution >= 0.6 is 0 Å². The first kappa shape index (κ1) is 15.6. The zero-order chi connectivity index (χ0) is 14.1. The molecule has 0 amide bonds. The van der Waals surface area contributed by atoms with E-state index in [4.69, 9.17) is 10.5 Å². The van der Waals surface area contributed by atoms with Gasteiger partial charge in [0.15, 0.2) is 0 Å². The van der Waals surface area contributed by atoms with E-state index < -0.39 is 0 Å². The Morgan fingerprint density at radius 3 is 2.47 bits per heavy atom. The predicted molar refractivity (Wildman–Crippen MR) is 80.3 cm³/mol. The van der Waals surface area contributed by atoms with Crippen LogP contribution in [0.3, 0.4) is 0 Å². The van der Waals surface area contributed by atoms with Crippen LogP contribution in [0.1, 0.15) is 26.3 Å². The number of hydrogen-bond acceptors (Lipinski definition) is 3. The molecule has 0 radical (unpaired) electrons. The number of nitrogens with zero attached hydrogens (tertiary/aromatic N) is 1. The highest BCUT2D eigenvalue weighted by atomic mass is 16.5. The van der Waals surface area contributed by atoms with Gasteiger partial charge in [0.05, 0.1) is 6.54 Å². The molecule has 0 spiro atoms. The molecule has 3 heteroatoms. The van der Waals surface area contributed by atoms with Crippen molar-refractivity contribution >= 4 is 0 Å². The van der Waals surface area contributed by atoms with E-state index in [1.807, 2.05) is 24.3 Å². The molecular weight excluding hydrogens is 236 g/mol. The number of ether oxygens (including phenoxy) is 1. The largest absolute Gasteiger partial charge is 0.492 e. The summed E-state index contributed by atoms with van der Waals surface area (Å²) in [5.74, 6) is 6.71. The summed E-state index contributed by atoms with van der Waals surface area (Å²) in [5.41, 5.74) is 6.30. The number of nitrogens with two attached hydrogens (primary N) is 1. The van der Waals surface area contributed by atoms with Crippen LogP contribution in [0.2, 0.25) is 0 Å². The van der Waals surface area contributed by atoms with Crippen LogP contribution in [0.5, 0.6) is 5.75 Å². The molecule has 0 saturated carbocycles. The van der Waals surface area contributed by atoms with Crippen LogP contribution in [-0.4, -0.2) is 37.2 Å². The fourth-order valence-electron chi connectivity index (χ4n) is 1.85. The van der Waals surface area contributed by atoms with E-state index in [-0.39, 0.29) is 0 Å².